The molecule has 3 aromatic rings. The molecule has 1 aliphatic rings. The van der Waals surface area contributed by atoms with E-state index in [0.29, 0.717) is 38.4 Å². The van der Waals surface area contributed by atoms with E-state index in [0.717, 1.165) is 33.2 Å². The van der Waals surface area contributed by atoms with Gasteiger partial charge in [0.2, 0.25) is 10.0 Å². The summed E-state index contributed by atoms with van der Waals surface area (Å²) in [5.41, 5.74) is 1.62. The maximum absolute atomic E-state index is 13.0. The number of imidazole rings is 1. The Morgan fingerprint density at radius 1 is 1.19 bits per heavy atom. The molecule has 7 nitrogen and oxygen atoms in total. The van der Waals surface area contributed by atoms with Gasteiger partial charge in [0.05, 0.1) is 35.7 Å². The number of benzene rings is 2. The molecule has 2 aromatic carbocycles. The topological polar surface area (TPSA) is 73.7 Å². The van der Waals surface area contributed by atoms with Crippen molar-refractivity contribution in [2.24, 2.45) is 0 Å². The van der Waals surface area contributed by atoms with Crippen LogP contribution in [0.3, 0.4) is 0 Å². The molecule has 0 unspecified atom stereocenters. The molecule has 0 aliphatic carbocycles. The van der Waals surface area contributed by atoms with Crippen molar-refractivity contribution in [1.82, 2.24) is 13.9 Å². The SMILES string of the molecule is CCn1c(SCCOc2cccc(Br)c2)nc2cc(S(=O)(=O)N3CCOCC3)ccc21. The maximum Gasteiger partial charge on any atom is 0.243 e. The summed E-state index contributed by atoms with van der Waals surface area (Å²) in [5, 5.41) is 0.858. The van der Waals surface area contributed by atoms with Gasteiger partial charge in [-0.1, -0.05) is 33.8 Å². The zero-order valence-corrected chi connectivity index (χ0v) is 20.4. The molecule has 31 heavy (non-hydrogen) atoms. The minimum Gasteiger partial charge on any atom is -0.493 e. The second kappa shape index (κ2) is 9.91. The molecule has 0 N–H and O–H groups in total. The van der Waals surface area contributed by atoms with E-state index in [1.807, 2.05) is 30.3 Å². The predicted molar refractivity (Wildman–Crippen MR) is 125 cm³/mol. The van der Waals surface area contributed by atoms with E-state index in [1.165, 1.54) is 4.31 Å². The summed E-state index contributed by atoms with van der Waals surface area (Å²) in [5.74, 6) is 1.55. The van der Waals surface area contributed by atoms with E-state index in [4.69, 9.17) is 14.5 Å². The Morgan fingerprint density at radius 3 is 2.74 bits per heavy atom. The number of ether oxygens (including phenoxy) is 2. The fourth-order valence-electron chi connectivity index (χ4n) is 3.45. The largest absolute Gasteiger partial charge is 0.493 e. The molecular weight excluding hydrogens is 502 g/mol. The number of morpholine rings is 1. The van der Waals surface area contributed by atoms with Crippen LogP contribution in [-0.4, -0.2) is 60.9 Å². The summed E-state index contributed by atoms with van der Waals surface area (Å²) >= 11 is 5.04. The van der Waals surface area contributed by atoms with Crippen LogP contribution in [0, 0.1) is 0 Å². The Hall–Kier alpha value is -1.59. The number of nitrogens with zero attached hydrogens (tertiary/aromatic N) is 3. The molecule has 2 heterocycles. The predicted octanol–water partition coefficient (Wildman–Crippen LogP) is 4.01. The lowest BCUT2D eigenvalue weighted by Gasteiger charge is -2.26. The molecule has 10 heteroatoms. The van der Waals surface area contributed by atoms with Crippen molar-refractivity contribution in [3.63, 3.8) is 0 Å². The fraction of sp³-hybridized carbons (Fsp3) is 0.381. The number of halogens is 1. The molecule has 1 fully saturated rings. The summed E-state index contributed by atoms with van der Waals surface area (Å²) in [4.78, 5) is 4.99. The smallest absolute Gasteiger partial charge is 0.243 e. The number of thioether (sulfide) groups is 1. The highest BCUT2D eigenvalue weighted by Crippen LogP contribution is 2.28. The molecule has 0 atom stereocenters. The highest BCUT2D eigenvalue weighted by atomic mass is 79.9. The third-order valence-corrected chi connectivity index (χ3v) is 8.32. The molecule has 0 bridgehead atoms. The van der Waals surface area contributed by atoms with E-state index in [2.05, 4.69) is 27.4 Å². The van der Waals surface area contributed by atoms with E-state index < -0.39 is 10.0 Å². The van der Waals surface area contributed by atoms with E-state index in [9.17, 15) is 8.42 Å². The Kier molecular flexibility index (Phi) is 7.22. The van der Waals surface area contributed by atoms with Gasteiger partial charge in [0.25, 0.3) is 0 Å². The van der Waals surface area contributed by atoms with Gasteiger partial charge in [0, 0.05) is 29.9 Å². The van der Waals surface area contributed by atoms with Crippen molar-refractivity contribution in [2.45, 2.75) is 23.5 Å². The first-order valence-electron chi connectivity index (χ1n) is 10.1. The van der Waals surface area contributed by atoms with Crippen LogP contribution in [0.1, 0.15) is 6.92 Å². The number of rotatable bonds is 8. The summed E-state index contributed by atoms with van der Waals surface area (Å²) in [6.45, 7) is 4.96. The minimum atomic E-state index is -3.55. The number of aryl methyl sites for hydroxylation is 1. The van der Waals surface area contributed by atoms with Gasteiger partial charge in [0.15, 0.2) is 5.16 Å². The normalized spacial score (nSPS) is 15.4. The van der Waals surface area contributed by atoms with Crippen LogP contribution in [-0.2, 0) is 21.3 Å². The van der Waals surface area contributed by atoms with Crippen LogP contribution < -0.4 is 4.74 Å². The Labute approximate surface area is 194 Å². The molecule has 1 aliphatic heterocycles. The number of hydrogen-bond donors (Lipinski definition) is 0. The number of sulfonamides is 1. The first-order valence-corrected chi connectivity index (χ1v) is 13.3. The summed E-state index contributed by atoms with van der Waals surface area (Å²) in [6.07, 6.45) is 0. The lowest BCUT2D eigenvalue weighted by Crippen LogP contribution is -2.40. The van der Waals surface area contributed by atoms with E-state index in [-0.39, 0.29) is 4.90 Å². The first kappa shape index (κ1) is 22.6. The van der Waals surface area contributed by atoms with Crippen LogP contribution in [0.25, 0.3) is 11.0 Å². The minimum absolute atomic E-state index is 0.275. The number of fused-ring (bicyclic) bond motifs is 1. The zero-order valence-electron chi connectivity index (χ0n) is 17.2. The lowest BCUT2D eigenvalue weighted by atomic mass is 10.3. The van der Waals surface area contributed by atoms with Crippen LogP contribution in [0.5, 0.6) is 5.75 Å². The molecule has 0 amide bonds. The lowest BCUT2D eigenvalue weighted by molar-refractivity contribution is 0.0730. The van der Waals surface area contributed by atoms with Crippen molar-refractivity contribution >= 4 is 48.7 Å². The van der Waals surface area contributed by atoms with Crippen molar-refractivity contribution in [1.29, 1.82) is 0 Å². The Morgan fingerprint density at radius 2 is 2.00 bits per heavy atom. The van der Waals surface area contributed by atoms with Crippen LogP contribution in [0.2, 0.25) is 0 Å². The van der Waals surface area contributed by atoms with Crippen LogP contribution >= 0.6 is 27.7 Å². The fourth-order valence-corrected chi connectivity index (χ4v) is 6.15. The standard InChI is InChI=1S/C21H24BrN3O4S2/c1-2-25-20-7-6-18(31(26,27)24-8-10-28-11-9-24)15-19(20)23-21(25)30-13-12-29-17-5-3-4-16(22)14-17/h3-7,14-15H,2,8-13H2,1H3. The number of aromatic nitrogens is 2. The summed E-state index contributed by atoms with van der Waals surface area (Å²) in [7, 11) is -3.55. The van der Waals surface area contributed by atoms with Crippen molar-refractivity contribution in [3.8, 4) is 5.75 Å². The van der Waals surface area contributed by atoms with Crippen molar-refractivity contribution < 1.29 is 17.9 Å². The summed E-state index contributed by atoms with van der Waals surface area (Å²) in [6, 6.07) is 12.9. The van der Waals surface area contributed by atoms with Crippen LogP contribution in [0.15, 0.2) is 57.0 Å². The van der Waals surface area contributed by atoms with Gasteiger partial charge in [-0.2, -0.15) is 4.31 Å². The van der Waals surface area contributed by atoms with E-state index >= 15 is 0 Å². The monoisotopic (exact) mass is 525 g/mol. The summed E-state index contributed by atoms with van der Waals surface area (Å²) < 4.78 is 41.6. The van der Waals surface area contributed by atoms with Crippen LogP contribution in [0.4, 0.5) is 0 Å². The zero-order chi connectivity index (χ0) is 21.8. The van der Waals surface area contributed by atoms with Gasteiger partial charge < -0.3 is 14.0 Å². The second-order valence-corrected chi connectivity index (χ2v) is 10.9. The van der Waals surface area contributed by atoms with E-state index in [1.54, 1.807) is 23.9 Å². The van der Waals surface area contributed by atoms with Crippen molar-refractivity contribution in [3.05, 3.63) is 46.9 Å². The average molecular weight is 526 g/mol. The van der Waals surface area contributed by atoms with Gasteiger partial charge >= 0.3 is 0 Å². The molecule has 0 spiro atoms. The molecule has 166 valence electrons. The van der Waals surface area contributed by atoms with Gasteiger partial charge in [-0.05, 0) is 43.3 Å². The first-order chi connectivity index (χ1) is 15.0. The van der Waals surface area contributed by atoms with Crippen molar-refractivity contribution in [2.75, 3.05) is 38.7 Å². The molecule has 1 aromatic heterocycles. The number of hydrogen-bond acceptors (Lipinski definition) is 6. The molecule has 4 rings (SSSR count). The maximum atomic E-state index is 13.0. The second-order valence-electron chi connectivity index (χ2n) is 6.96. The molecule has 1 saturated heterocycles. The average Bonchev–Trinajstić information content (AvgIpc) is 3.14. The highest BCUT2D eigenvalue weighted by Gasteiger charge is 2.27. The Bertz CT molecular complexity index is 1160. The quantitative estimate of drug-likeness (QED) is 0.326. The molecule has 0 saturated carbocycles. The molecule has 0 radical (unpaired) electrons. The highest BCUT2D eigenvalue weighted by molar-refractivity contribution is 9.10. The van der Waals surface area contributed by atoms with Gasteiger partial charge in [0.1, 0.15) is 5.75 Å². The van der Waals surface area contributed by atoms with Gasteiger partial charge in [-0.25, -0.2) is 13.4 Å². The molecular formula is C21H24BrN3O4S2. The Balaban J connectivity index is 1.49. The third-order valence-electron chi connectivity index (χ3n) is 4.99. The van der Waals surface area contributed by atoms with Gasteiger partial charge in [-0.15, -0.1) is 0 Å². The van der Waals surface area contributed by atoms with Gasteiger partial charge in [-0.3, -0.25) is 0 Å². The third kappa shape index (κ3) is 5.09.